The minimum absolute atomic E-state index is 0. The Labute approximate surface area is 157 Å². The molecule has 6 heteroatoms. The molecule has 0 aliphatic carbocycles. The van der Waals surface area contributed by atoms with E-state index in [4.69, 9.17) is 4.74 Å². The van der Waals surface area contributed by atoms with Crippen LogP contribution < -0.4 is 15.4 Å². The maximum Gasteiger partial charge on any atom is 0.265 e. The lowest BCUT2D eigenvalue weighted by Crippen LogP contribution is -2.30. The van der Waals surface area contributed by atoms with Crippen LogP contribution in [0.1, 0.15) is 19.4 Å². The third-order valence-electron chi connectivity index (χ3n) is 3.32. The molecule has 0 heterocycles. The topological polar surface area (TPSA) is 50.4 Å². The molecule has 0 bridgehead atoms. The van der Waals surface area contributed by atoms with Crippen LogP contribution in [0.2, 0.25) is 0 Å². The van der Waals surface area contributed by atoms with Gasteiger partial charge in [0, 0.05) is 16.7 Å². The number of ether oxygens (including phenoxy) is 1. The Bertz CT molecular complexity index is 667. The summed E-state index contributed by atoms with van der Waals surface area (Å²) in [6, 6.07) is 15.2. The van der Waals surface area contributed by atoms with Crippen molar-refractivity contribution < 1.29 is 9.53 Å². The summed E-state index contributed by atoms with van der Waals surface area (Å²) in [5.41, 5.74) is 1.86. The van der Waals surface area contributed by atoms with Gasteiger partial charge in [-0.2, -0.15) is 0 Å². The molecule has 0 radical (unpaired) electrons. The number of rotatable bonds is 7. The van der Waals surface area contributed by atoms with Crippen molar-refractivity contribution in [3.8, 4) is 5.75 Å². The Morgan fingerprint density at radius 1 is 1.21 bits per heavy atom. The summed E-state index contributed by atoms with van der Waals surface area (Å²) in [5, 5.41) is 6.20. The largest absolute Gasteiger partial charge is 0.481 e. The Kier molecular flexibility index (Phi) is 8.82. The average molecular weight is 414 g/mol. The molecule has 1 atom stereocenters. The number of benzene rings is 2. The highest BCUT2D eigenvalue weighted by Gasteiger charge is 2.16. The normalized spacial score (nSPS) is 11.3. The molecule has 2 rings (SSSR count). The lowest BCUT2D eigenvalue weighted by Gasteiger charge is -2.17. The van der Waals surface area contributed by atoms with Crippen molar-refractivity contribution in [1.29, 1.82) is 0 Å². The van der Waals surface area contributed by atoms with Crippen LogP contribution in [0.3, 0.4) is 0 Å². The highest BCUT2D eigenvalue weighted by Crippen LogP contribution is 2.20. The number of carbonyl (C=O) groups excluding carboxylic acids is 1. The number of anilines is 1. The fourth-order valence-corrected chi connectivity index (χ4v) is 2.47. The van der Waals surface area contributed by atoms with Crippen LogP contribution in [0.25, 0.3) is 0 Å². The molecular formula is C18H22BrClN2O2. The first-order valence-electron chi connectivity index (χ1n) is 7.62. The summed E-state index contributed by atoms with van der Waals surface area (Å²) in [4.78, 5) is 12.4. The Balaban J connectivity index is 0.00000288. The third-order valence-corrected chi connectivity index (χ3v) is 3.81. The van der Waals surface area contributed by atoms with Gasteiger partial charge >= 0.3 is 0 Å². The zero-order valence-electron chi connectivity index (χ0n) is 13.7. The molecule has 0 aliphatic rings. The maximum absolute atomic E-state index is 12.4. The van der Waals surface area contributed by atoms with Crippen LogP contribution in [0.4, 0.5) is 5.69 Å². The number of nitrogens with one attached hydrogen (secondary N) is 2. The molecule has 4 nitrogen and oxygen atoms in total. The van der Waals surface area contributed by atoms with E-state index in [1.807, 2.05) is 48.5 Å². The van der Waals surface area contributed by atoms with Crippen molar-refractivity contribution in [2.45, 2.75) is 26.5 Å². The van der Waals surface area contributed by atoms with Gasteiger partial charge in [-0.15, -0.1) is 12.4 Å². The Morgan fingerprint density at radius 3 is 2.67 bits per heavy atom. The van der Waals surface area contributed by atoms with Crippen molar-refractivity contribution in [2.75, 3.05) is 11.9 Å². The molecule has 1 amide bonds. The van der Waals surface area contributed by atoms with Crippen LogP contribution in [0, 0.1) is 0 Å². The summed E-state index contributed by atoms with van der Waals surface area (Å²) >= 11 is 3.39. The summed E-state index contributed by atoms with van der Waals surface area (Å²) in [7, 11) is 0. The van der Waals surface area contributed by atoms with Crippen molar-refractivity contribution in [3.63, 3.8) is 0 Å². The number of hydrogen-bond acceptors (Lipinski definition) is 3. The highest BCUT2D eigenvalue weighted by molar-refractivity contribution is 9.10. The van der Waals surface area contributed by atoms with Crippen molar-refractivity contribution in [2.24, 2.45) is 0 Å². The van der Waals surface area contributed by atoms with Crippen molar-refractivity contribution >= 4 is 39.9 Å². The molecule has 0 aromatic heterocycles. The molecule has 0 saturated heterocycles. The summed E-state index contributed by atoms with van der Waals surface area (Å²) in [5.74, 6) is 0.483. The van der Waals surface area contributed by atoms with E-state index in [-0.39, 0.29) is 18.3 Å². The van der Waals surface area contributed by atoms with Gasteiger partial charge in [0.1, 0.15) is 5.75 Å². The van der Waals surface area contributed by atoms with E-state index in [1.165, 1.54) is 0 Å². The molecule has 2 aromatic rings. The van der Waals surface area contributed by atoms with Gasteiger partial charge in [0.05, 0.1) is 0 Å². The van der Waals surface area contributed by atoms with Crippen LogP contribution in [0.5, 0.6) is 5.75 Å². The number of hydrogen-bond donors (Lipinski definition) is 2. The zero-order chi connectivity index (χ0) is 16.7. The van der Waals surface area contributed by atoms with Crippen molar-refractivity contribution in [1.82, 2.24) is 5.32 Å². The van der Waals surface area contributed by atoms with Gasteiger partial charge in [0.15, 0.2) is 6.10 Å². The monoisotopic (exact) mass is 412 g/mol. The van der Waals surface area contributed by atoms with E-state index < -0.39 is 6.10 Å². The lowest BCUT2D eigenvalue weighted by atomic mass is 10.1. The molecule has 2 aromatic carbocycles. The molecule has 0 spiro atoms. The number of para-hydroxylation sites is 1. The predicted molar refractivity (Wildman–Crippen MR) is 104 cm³/mol. The quantitative estimate of drug-likeness (QED) is 0.708. The molecule has 1 unspecified atom stereocenters. The molecule has 0 aliphatic heterocycles. The first-order chi connectivity index (χ1) is 11.1. The number of halogens is 2. The second-order valence-electron chi connectivity index (χ2n) is 5.14. The predicted octanol–water partition coefficient (Wildman–Crippen LogP) is 4.39. The number of carbonyl (C=O) groups is 1. The molecule has 2 N–H and O–H groups in total. The van der Waals surface area contributed by atoms with Gasteiger partial charge in [-0.25, -0.2) is 0 Å². The van der Waals surface area contributed by atoms with E-state index in [0.717, 1.165) is 22.3 Å². The van der Waals surface area contributed by atoms with E-state index in [0.29, 0.717) is 12.3 Å². The second kappa shape index (κ2) is 10.3. The van der Waals surface area contributed by atoms with E-state index in [2.05, 4.69) is 33.5 Å². The van der Waals surface area contributed by atoms with Gasteiger partial charge in [-0.1, -0.05) is 47.1 Å². The van der Waals surface area contributed by atoms with Gasteiger partial charge < -0.3 is 15.4 Å². The fraction of sp³-hybridized carbons (Fsp3) is 0.278. The van der Waals surface area contributed by atoms with Crippen LogP contribution in [-0.4, -0.2) is 18.6 Å². The Hall–Kier alpha value is -1.56. The smallest absolute Gasteiger partial charge is 0.265 e. The Morgan fingerprint density at radius 2 is 1.96 bits per heavy atom. The van der Waals surface area contributed by atoms with E-state index >= 15 is 0 Å². The van der Waals surface area contributed by atoms with Gasteiger partial charge in [-0.05, 0) is 43.3 Å². The molecule has 130 valence electrons. The van der Waals surface area contributed by atoms with Crippen molar-refractivity contribution in [3.05, 3.63) is 58.6 Å². The highest BCUT2D eigenvalue weighted by atomic mass is 79.9. The summed E-state index contributed by atoms with van der Waals surface area (Å²) < 4.78 is 6.61. The fourth-order valence-electron chi connectivity index (χ4n) is 2.09. The first-order valence-corrected chi connectivity index (χ1v) is 8.41. The minimum atomic E-state index is -0.587. The van der Waals surface area contributed by atoms with Crippen LogP contribution in [-0.2, 0) is 11.3 Å². The molecule has 24 heavy (non-hydrogen) atoms. The molecule has 0 saturated carbocycles. The van der Waals surface area contributed by atoms with Gasteiger partial charge in [0.2, 0.25) is 0 Å². The van der Waals surface area contributed by atoms with Crippen LogP contribution >= 0.6 is 28.3 Å². The second-order valence-corrected chi connectivity index (χ2v) is 6.06. The SMILES string of the molecule is CCNCc1ccccc1NC(=O)C(C)Oc1cccc(Br)c1.Cl. The minimum Gasteiger partial charge on any atom is -0.481 e. The van der Waals surface area contributed by atoms with E-state index in [9.17, 15) is 4.79 Å². The first kappa shape index (κ1) is 20.5. The third kappa shape index (κ3) is 6.15. The summed E-state index contributed by atoms with van der Waals surface area (Å²) in [6.45, 7) is 5.39. The standard InChI is InChI=1S/C18H21BrN2O2.ClH/c1-3-20-12-14-7-4-5-10-17(14)21-18(22)13(2)23-16-9-6-8-15(19)11-16;/h4-11,13,20H,3,12H2,1-2H3,(H,21,22);1H. The van der Waals surface area contributed by atoms with Gasteiger partial charge in [0.25, 0.3) is 5.91 Å². The lowest BCUT2D eigenvalue weighted by molar-refractivity contribution is -0.122. The van der Waals surface area contributed by atoms with Gasteiger partial charge in [-0.3, -0.25) is 4.79 Å². The van der Waals surface area contributed by atoms with Crippen LogP contribution in [0.15, 0.2) is 53.0 Å². The average Bonchev–Trinajstić information content (AvgIpc) is 2.54. The molecular weight excluding hydrogens is 392 g/mol. The van der Waals surface area contributed by atoms with E-state index in [1.54, 1.807) is 6.92 Å². The zero-order valence-corrected chi connectivity index (χ0v) is 16.1. The number of amides is 1. The maximum atomic E-state index is 12.4. The molecule has 0 fully saturated rings. The summed E-state index contributed by atoms with van der Waals surface area (Å²) in [6.07, 6.45) is -0.587.